The second-order valence-electron chi connectivity index (χ2n) is 10.9. The third kappa shape index (κ3) is 6.09. The Kier molecular flexibility index (Phi) is 8.65. The number of nitrogens with two attached hydrogens (primary N) is 3. The van der Waals surface area contributed by atoms with Gasteiger partial charge in [-0.3, -0.25) is 28.0 Å². The molecule has 7 heterocycles. The fraction of sp³-hybridized carbons (Fsp3) is 0.545. The standard InChI is InChI=1S/C22H29N11O10P2S2/c23-2-1-8-9-3-38-45(37,47)43-15-10(41-20(13(15)34)32-6-28-11-16(24)26-5-27-17(11)32)4-39-44(36,46)42-14(8)21(40-9)33-7-29-12-18(33)30-22(25)31-19(12)35/h5-10,13-15,20-21,34H,1-4,23H2,(H,36,46)(H,37,47)(H2,24,26,27)(H3,25,30,31,35)/t8-,9+,10+,13?,14?,15-,20+,21+,44?,45?/m0/s1. The van der Waals surface area contributed by atoms with E-state index in [1.165, 1.54) is 28.1 Å². The zero-order valence-electron chi connectivity index (χ0n) is 24.0. The largest absolute Gasteiger partial charge is 0.386 e. The van der Waals surface area contributed by atoms with Gasteiger partial charge in [0.1, 0.15) is 36.3 Å². The molecule has 3 saturated heterocycles. The van der Waals surface area contributed by atoms with Crippen molar-refractivity contribution in [1.82, 2.24) is 39.0 Å². The van der Waals surface area contributed by atoms with Crippen molar-refractivity contribution in [2.75, 3.05) is 31.2 Å². The molecular weight excluding hydrogens is 704 g/mol. The van der Waals surface area contributed by atoms with Crippen LogP contribution >= 0.6 is 25.8 Å². The SMILES string of the molecule is NCC[C@@H]1C2OP(O)(=S)OC[C@H]3O[C@@H](n4cnc5c(N)ncnc54)C(O)[C@H]3OP(=O)(S)OC[C@H]1O[C@H]2n1cnc2c(=O)[nH]c(N)nc21. The highest BCUT2D eigenvalue weighted by Gasteiger charge is 2.53. The molecule has 2 bridgehead atoms. The number of imidazole rings is 2. The summed E-state index contributed by atoms with van der Waals surface area (Å²) in [5.74, 6) is -0.688. The quantitative estimate of drug-likeness (QED) is 0.101. The molecule has 0 aliphatic carbocycles. The Labute approximate surface area is 274 Å². The van der Waals surface area contributed by atoms with Crippen molar-refractivity contribution in [2.24, 2.45) is 11.7 Å². The lowest BCUT2D eigenvalue weighted by Crippen LogP contribution is -2.36. The number of anilines is 2. The van der Waals surface area contributed by atoms with Crippen molar-refractivity contribution < 1.29 is 42.1 Å². The van der Waals surface area contributed by atoms with Gasteiger partial charge in [0.25, 0.3) is 5.56 Å². The van der Waals surface area contributed by atoms with Crippen molar-refractivity contribution in [3.63, 3.8) is 0 Å². The molecular formula is C22H29N11O10P2S2. The second-order valence-corrected chi connectivity index (χ2v) is 16.6. The van der Waals surface area contributed by atoms with E-state index < -0.39 is 74.6 Å². The maximum Gasteiger partial charge on any atom is 0.386 e. The Balaban J connectivity index is 1.23. The van der Waals surface area contributed by atoms with Gasteiger partial charge in [0.15, 0.2) is 35.1 Å². The smallest absolute Gasteiger partial charge is 0.386 e. The van der Waals surface area contributed by atoms with Gasteiger partial charge in [-0.25, -0.2) is 24.5 Å². The molecule has 0 radical (unpaired) electrons. The average molecular weight is 734 g/mol. The Morgan fingerprint density at radius 2 is 1.70 bits per heavy atom. The van der Waals surface area contributed by atoms with Crippen LogP contribution in [0.1, 0.15) is 18.9 Å². The van der Waals surface area contributed by atoms with Gasteiger partial charge in [-0.1, -0.05) is 12.2 Å². The molecule has 0 saturated carbocycles. The van der Waals surface area contributed by atoms with Gasteiger partial charge in [-0.05, 0) is 24.8 Å². The number of hydrogen-bond donors (Lipinski definition) is 7. The van der Waals surface area contributed by atoms with Crippen LogP contribution in [0, 0.1) is 5.92 Å². The zero-order chi connectivity index (χ0) is 33.2. The number of nitrogens with zero attached hydrogens (tertiary/aromatic N) is 7. The van der Waals surface area contributed by atoms with Gasteiger partial charge >= 0.3 is 13.5 Å². The molecule has 25 heteroatoms. The van der Waals surface area contributed by atoms with Crippen LogP contribution in [0.3, 0.4) is 0 Å². The topological polar surface area (TPSA) is 298 Å². The molecule has 3 aliphatic rings. The van der Waals surface area contributed by atoms with Crippen LogP contribution in [0.15, 0.2) is 23.8 Å². The Morgan fingerprint density at radius 1 is 1.00 bits per heavy atom. The predicted octanol–water partition coefficient (Wildman–Crippen LogP) is -0.683. The van der Waals surface area contributed by atoms with Crippen molar-refractivity contribution in [3.8, 4) is 0 Å². The van der Waals surface area contributed by atoms with E-state index >= 15 is 0 Å². The van der Waals surface area contributed by atoms with E-state index in [1.807, 2.05) is 0 Å². The molecule has 4 aromatic rings. The number of hydrogen-bond acceptors (Lipinski definition) is 18. The normalized spacial score (nSPS) is 36.6. The minimum atomic E-state index is -4.26. The first kappa shape index (κ1) is 32.9. The predicted molar refractivity (Wildman–Crippen MR) is 168 cm³/mol. The third-order valence-electron chi connectivity index (χ3n) is 8.00. The van der Waals surface area contributed by atoms with Crippen molar-refractivity contribution in [1.29, 1.82) is 0 Å². The Hall–Kier alpha value is -2.63. The zero-order valence-corrected chi connectivity index (χ0v) is 27.5. The maximum absolute atomic E-state index is 13.6. The van der Waals surface area contributed by atoms with Gasteiger partial charge in [0.05, 0.1) is 32.0 Å². The molecule has 0 spiro atoms. The van der Waals surface area contributed by atoms with E-state index in [1.54, 1.807) is 0 Å². The summed E-state index contributed by atoms with van der Waals surface area (Å²) in [4.78, 5) is 46.8. The molecule has 9 N–H and O–H groups in total. The molecule has 21 nitrogen and oxygen atoms in total. The highest BCUT2D eigenvalue weighted by Crippen LogP contribution is 2.58. The summed E-state index contributed by atoms with van der Waals surface area (Å²) in [5, 5.41) is 11.4. The van der Waals surface area contributed by atoms with Crippen LogP contribution in [-0.2, 0) is 43.9 Å². The van der Waals surface area contributed by atoms with E-state index in [0.717, 1.165) is 0 Å². The second kappa shape index (κ2) is 12.4. The monoisotopic (exact) mass is 733 g/mol. The summed E-state index contributed by atoms with van der Waals surface area (Å²) in [6.07, 6.45) is -4.18. The van der Waals surface area contributed by atoms with Gasteiger partial charge in [-0.15, -0.1) is 0 Å². The number of aliphatic hydroxyl groups excluding tert-OH is 1. The lowest BCUT2D eigenvalue weighted by molar-refractivity contribution is -0.0593. The fourth-order valence-corrected chi connectivity index (χ4v) is 8.88. The first-order valence-electron chi connectivity index (χ1n) is 14.0. The van der Waals surface area contributed by atoms with E-state index in [2.05, 4.69) is 42.2 Å². The summed E-state index contributed by atoms with van der Waals surface area (Å²) < 4.78 is 52.0. The Morgan fingerprint density at radius 3 is 2.47 bits per heavy atom. The fourth-order valence-electron chi connectivity index (χ4n) is 5.94. The van der Waals surface area contributed by atoms with Crippen molar-refractivity contribution in [2.45, 2.75) is 49.4 Å². The molecule has 4 unspecified atom stereocenters. The van der Waals surface area contributed by atoms with Crippen LogP contribution in [0.25, 0.3) is 22.3 Å². The molecule has 7 rings (SSSR count). The van der Waals surface area contributed by atoms with Crippen molar-refractivity contribution >= 4 is 71.7 Å². The number of nitrogen functional groups attached to an aromatic ring is 2. The molecule has 47 heavy (non-hydrogen) atoms. The number of fused-ring (bicyclic) bond motifs is 5. The average Bonchev–Trinajstić information content (AvgIpc) is 3.76. The first-order valence-corrected chi connectivity index (χ1v) is 19.3. The lowest BCUT2D eigenvalue weighted by Gasteiger charge is -2.28. The number of H-pyrrole nitrogens is 1. The number of aliphatic hydroxyl groups is 1. The van der Waals surface area contributed by atoms with E-state index in [-0.39, 0.29) is 53.7 Å². The van der Waals surface area contributed by atoms with Crippen LogP contribution in [0.2, 0.25) is 0 Å². The maximum atomic E-state index is 13.6. The van der Waals surface area contributed by atoms with Crippen LogP contribution in [-0.4, -0.2) is 99.3 Å². The van der Waals surface area contributed by atoms with Gasteiger partial charge in [0.2, 0.25) is 5.95 Å². The van der Waals surface area contributed by atoms with E-state index in [4.69, 9.17) is 56.6 Å². The van der Waals surface area contributed by atoms with Crippen LogP contribution < -0.4 is 22.8 Å². The number of nitrogens with one attached hydrogen (secondary N) is 1. The summed E-state index contributed by atoms with van der Waals surface area (Å²) in [7, 11) is 0. The number of aromatic amines is 1. The number of rotatable bonds is 4. The highest BCUT2D eigenvalue weighted by molar-refractivity contribution is 8.44. The van der Waals surface area contributed by atoms with E-state index in [0.29, 0.717) is 0 Å². The molecule has 254 valence electrons. The highest BCUT2D eigenvalue weighted by atomic mass is 32.7. The lowest BCUT2D eigenvalue weighted by atomic mass is 9.94. The van der Waals surface area contributed by atoms with Crippen molar-refractivity contribution in [3.05, 3.63) is 29.3 Å². The van der Waals surface area contributed by atoms with Gasteiger partial charge < -0.3 is 45.7 Å². The molecule has 0 aromatic carbocycles. The van der Waals surface area contributed by atoms with E-state index in [9.17, 15) is 19.4 Å². The minimum absolute atomic E-state index is 0.0312. The number of thiol groups is 1. The third-order valence-corrected chi connectivity index (χ3v) is 11.2. The minimum Gasteiger partial charge on any atom is -0.386 e. The molecule has 10 atom stereocenters. The van der Waals surface area contributed by atoms with Crippen LogP contribution in [0.4, 0.5) is 11.8 Å². The summed E-state index contributed by atoms with van der Waals surface area (Å²) in [5.41, 5.74) is 17.6. The summed E-state index contributed by atoms with van der Waals surface area (Å²) in [6, 6.07) is 0. The van der Waals surface area contributed by atoms with Gasteiger partial charge in [0, 0.05) is 5.92 Å². The molecule has 3 aliphatic heterocycles. The Bertz CT molecular complexity index is 1980. The molecule has 3 fully saturated rings. The van der Waals surface area contributed by atoms with Crippen LogP contribution in [0.5, 0.6) is 0 Å². The summed E-state index contributed by atoms with van der Waals surface area (Å²) in [6.45, 7) is -9.10. The number of ether oxygens (including phenoxy) is 2. The summed E-state index contributed by atoms with van der Waals surface area (Å²) >= 11 is 9.58. The molecule has 0 amide bonds. The van der Waals surface area contributed by atoms with Gasteiger partial charge in [-0.2, -0.15) is 4.98 Å². The molecule has 4 aromatic heterocycles. The first-order chi connectivity index (χ1) is 22.4. The number of aromatic nitrogens is 8.